The lowest BCUT2D eigenvalue weighted by Gasteiger charge is -2.08. The van der Waals surface area contributed by atoms with Gasteiger partial charge in [-0.15, -0.1) is 0 Å². The molecule has 1 amide bonds. The fourth-order valence-corrected chi connectivity index (χ4v) is 1.68. The highest BCUT2D eigenvalue weighted by atomic mass is 16.6. The fraction of sp³-hybridized carbons (Fsp3) is 0.462. The first-order chi connectivity index (χ1) is 10.1. The maximum Gasteiger partial charge on any atom is 0.282 e. The van der Waals surface area contributed by atoms with E-state index < -0.39 is 10.8 Å². The number of carbonyl (C=O) groups is 1. The number of nitrogens with two attached hydrogens (primary N) is 1. The van der Waals surface area contributed by atoms with Gasteiger partial charge >= 0.3 is 0 Å². The van der Waals surface area contributed by atoms with Crippen molar-refractivity contribution in [3.63, 3.8) is 0 Å². The van der Waals surface area contributed by atoms with E-state index in [1.54, 1.807) is 0 Å². The Kier molecular flexibility index (Phi) is 7.13. The van der Waals surface area contributed by atoms with Crippen LogP contribution in [0.4, 0.5) is 11.4 Å². The number of benzene rings is 1. The van der Waals surface area contributed by atoms with Crippen LogP contribution in [-0.4, -0.2) is 30.6 Å². The maximum absolute atomic E-state index is 12.0. The first-order valence-corrected chi connectivity index (χ1v) is 6.71. The molecule has 0 saturated carbocycles. The molecule has 21 heavy (non-hydrogen) atoms. The van der Waals surface area contributed by atoms with Gasteiger partial charge in [-0.1, -0.05) is 6.92 Å². The summed E-state index contributed by atoms with van der Waals surface area (Å²) >= 11 is 0. The Balaban J connectivity index is 2.61. The number of ether oxygens (including phenoxy) is 1. The van der Waals surface area contributed by atoms with E-state index in [-0.39, 0.29) is 11.3 Å². The highest BCUT2D eigenvalue weighted by molar-refractivity contribution is 5.99. The molecule has 0 aromatic heterocycles. The Bertz CT molecular complexity index is 493. The van der Waals surface area contributed by atoms with Gasteiger partial charge in [0.15, 0.2) is 0 Å². The first kappa shape index (κ1) is 16.9. The van der Waals surface area contributed by atoms with E-state index in [0.29, 0.717) is 31.9 Å². The summed E-state index contributed by atoms with van der Waals surface area (Å²) < 4.78 is 5.28. The summed E-state index contributed by atoms with van der Waals surface area (Å²) in [6, 6.07) is 4.03. The minimum absolute atomic E-state index is 0.0232. The van der Waals surface area contributed by atoms with Crippen molar-refractivity contribution in [3.8, 4) is 0 Å². The number of hydrogen-bond donors (Lipinski definition) is 3. The van der Waals surface area contributed by atoms with Crippen molar-refractivity contribution in [2.45, 2.75) is 19.8 Å². The summed E-state index contributed by atoms with van der Waals surface area (Å²) in [6.07, 6.45) is 1.59. The van der Waals surface area contributed by atoms with Gasteiger partial charge in [-0.25, -0.2) is 0 Å². The summed E-state index contributed by atoms with van der Waals surface area (Å²) in [5, 5.41) is 13.6. The largest absolute Gasteiger partial charge is 0.381 e. The van der Waals surface area contributed by atoms with Crippen LogP contribution in [0.15, 0.2) is 18.2 Å². The Morgan fingerprint density at radius 3 is 2.81 bits per heavy atom. The van der Waals surface area contributed by atoms with Crippen LogP contribution in [0, 0.1) is 10.1 Å². The average Bonchev–Trinajstić information content (AvgIpc) is 2.49. The van der Waals surface area contributed by atoms with Crippen LogP contribution in [-0.2, 0) is 4.74 Å². The standard InChI is InChI=1S/C13H20N4O4/c1-2-7-21-8-3-6-15-13(18)11-9-10(16-14)4-5-12(11)17(19)20/h4-5,9,16H,2-3,6-8,14H2,1H3,(H,15,18). The molecule has 0 unspecified atom stereocenters. The van der Waals surface area contributed by atoms with Gasteiger partial charge < -0.3 is 15.5 Å². The predicted octanol–water partition coefficient (Wildman–Crippen LogP) is 1.43. The third-order valence-corrected chi connectivity index (χ3v) is 2.70. The zero-order valence-corrected chi connectivity index (χ0v) is 11.9. The fourth-order valence-electron chi connectivity index (χ4n) is 1.68. The molecule has 0 aliphatic rings. The van der Waals surface area contributed by atoms with Gasteiger partial charge in [-0.2, -0.15) is 0 Å². The van der Waals surface area contributed by atoms with E-state index in [9.17, 15) is 14.9 Å². The molecule has 0 bridgehead atoms. The van der Waals surface area contributed by atoms with E-state index >= 15 is 0 Å². The molecule has 0 fully saturated rings. The van der Waals surface area contributed by atoms with Crippen molar-refractivity contribution in [3.05, 3.63) is 33.9 Å². The number of rotatable bonds is 9. The molecule has 0 spiro atoms. The van der Waals surface area contributed by atoms with Crippen LogP contribution >= 0.6 is 0 Å². The summed E-state index contributed by atoms with van der Waals surface area (Å²) in [7, 11) is 0. The highest BCUT2D eigenvalue weighted by Gasteiger charge is 2.20. The molecule has 0 radical (unpaired) electrons. The minimum atomic E-state index is -0.598. The van der Waals surface area contributed by atoms with Crippen molar-refractivity contribution in [2.75, 3.05) is 25.2 Å². The van der Waals surface area contributed by atoms with Crippen molar-refractivity contribution < 1.29 is 14.5 Å². The van der Waals surface area contributed by atoms with Gasteiger partial charge in [0.2, 0.25) is 0 Å². The number of nitrogens with one attached hydrogen (secondary N) is 2. The maximum atomic E-state index is 12.0. The second-order valence-corrected chi connectivity index (χ2v) is 4.36. The van der Waals surface area contributed by atoms with Crippen LogP contribution in [0.5, 0.6) is 0 Å². The number of amides is 1. The molecule has 8 heteroatoms. The molecular formula is C13H20N4O4. The number of carbonyl (C=O) groups excluding carboxylic acids is 1. The topological polar surface area (TPSA) is 120 Å². The molecule has 116 valence electrons. The average molecular weight is 296 g/mol. The van der Waals surface area contributed by atoms with E-state index in [1.165, 1.54) is 18.2 Å². The molecule has 0 aliphatic carbocycles. The lowest BCUT2D eigenvalue weighted by molar-refractivity contribution is -0.385. The molecule has 8 nitrogen and oxygen atoms in total. The van der Waals surface area contributed by atoms with Gasteiger partial charge in [0.05, 0.1) is 4.92 Å². The van der Waals surface area contributed by atoms with Gasteiger partial charge in [0.1, 0.15) is 5.56 Å². The van der Waals surface area contributed by atoms with Crippen LogP contribution in [0.2, 0.25) is 0 Å². The third kappa shape index (κ3) is 5.36. The highest BCUT2D eigenvalue weighted by Crippen LogP contribution is 2.22. The Hall–Kier alpha value is -2.19. The summed E-state index contributed by atoms with van der Waals surface area (Å²) in [6.45, 7) is 3.63. The number of hydrazine groups is 1. The zero-order chi connectivity index (χ0) is 15.7. The molecular weight excluding hydrogens is 276 g/mol. The van der Waals surface area contributed by atoms with E-state index in [0.717, 1.165) is 6.42 Å². The van der Waals surface area contributed by atoms with Crippen molar-refractivity contribution in [2.24, 2.45) is 5.84 Å². The number of nitrogen functional groups attached to an aromatic ring is 1. The number of hydrogen-bond acceptors (Lipinski definition) is 6. The van der Waals surface area contributed by atoms with Gasteiger partial charge in [0.25, 0.3) is 11.6 Å². The lowest BCUT2D eigenvalue weighted by Crippen LogP contribution is -2.26. The molecule has 1 rings (SSSR count). The number of nitro groups is 1. The molecule has 0 heterocycles. The van der Waals surface area contributed by atoms with Gasteiger partial charge in [-0.05, 0) is 25.0 Å². The SMILES string of the molecule is CCCOCCCNC(=O)c1cc(NN)ccc1[N+](=O)[O-]. The minimum Gasteiger partial charge on any atom is -0.381 e. The van der Waals surface area contributed by atoms with E-state index in [1.807, 2.05) is 6.92 Å². The molecule has 1 aromatic carbocycles. The second-order valence-electron chi connectivity index (χ2n) is 4.36. The Labute approximate surface area is 122 Å². The molecule has 0 aliphatic heterocycles. The summed E-state index contributed by atoms with van der Waals surface area (Å²) in [5.74, 6) is 4.74. The number of nitrogens with zero attached hydrogens (tertiary/aromatic N) is 1. The smallest absolute Gasteiger partial charge is 0.282 e. The van der Waals surface area contributed by atoms with Gasteiger partial charge in [0, 0.05) is 31.5 Å². The van der Waals surface area contributed by atoms with Crippen molar-refractivity contribution in [1.29, 1.82) is 0 Å². The lowest BCUT2D eigenvalue weighted by atomic mass is 10.1. The molecule has 4 N–H and O–H groups in total. The Morgan fingerprint density at radius 1 is 1.43 bits per heavy atom. The number of anilines is 1. The van der Waals surface area contributed by atoms with E-state index in [4.69, 9.17) is 10.6 Å². The zero-order valence-electron chi connectivity index (χ0n) is 11.9. The Morgan fingerprint density at radius 2 is 2.19 bits per heavy atom. The molecule has 0 atom stereocenters. The van der Waals surface area contributed by atoms with Crippen LogP contribution in [0.1, 0.15) is 30.1 Å². The monoisotopic (exact) mass is 296 g/mol. The van der Waals surface area contributed by atoms with Crippen molar-refractivity contribution >= 4 is 17.3 Å². The number of nitro benzene ring substituents is 1. The van der Waals surface area contributed by atoms with Gasteiger partial charge in [-0.3, -0.25) is 20.8 Å². The van der Waals surface area contributed by atoms with Crippen LogP contribution in [0.25, 0.3) is 0 Å². The van der Waals surface area contributed by atoms with Crippen molar-refractivity contribution in [1.82, 2.24) is 5.32 Å². The first-order valence-electron chi connectivity index (χ1n) is 6.71. The molecule has 1 aromatic rings. The van der Waals surface area contributed by atoms with E-state index in [2.05, 4.69) is 10.7 Å². The van der Waals surface area contributed by atoms with Crippen LogP contribution in [0.3, 0.4) is 0 Å². The third-order valence-electron chi connectivity index (χ3n) is 2.70. The second kappa shape index (κ2) is 8.88. The molecule has 0 saturated heterocycles. The normalized spacial score (nSPS) is 10.2. The quantitative estimate of drug-likeness (QED) is 0.274. The summed E-state index contributed by atoms with van der Waals surface area (Å²) in [4.78, 5) is 22.3. The van der Waals surface area contributed by atoms with Crippen LogP contribution < -0.4 is 16.6 Å². The summed E-state index contributed by atoms with van der Waals surface area (Å²) in [5.41, 5.74) is 2.50. The predicted molar refractivity (Wildman–Crippen MR) is 79.0 cm³/mol.